The Morgan fingerprint density at radius 2 is 1.82 bits per heavy atom. The van der Waals surface area contributed by atoms with Crippen molar-refractivity contribution in [2.45, 2.75) is 39.2 Å². The maximum Gasteiger partial charge on any atom is 0.248 e. The molecule has 120 valence electrons. The second-order valence-electron chi connectivity index (χ2n) is 6.14. The number of ether oxygens (including phenoxy) is 2. The maximum atomic E-state index is 5.35. The van der Waals surface area contributed by atoms with Crippen molar-refractivity contribution < 1.29 is 14.0 Å². The van der Waals surface area contributed by atoms with Crippen LogP contribution in [0.25, 0.3) is 0 Å². The minimum absolute atomic E-state index is 0.110. The molecule has 1 atom stereocenters. The van der Waals surface area contributed by atoms with Gasteiger partial charge in [-0.05, 0) is 19.1 Å². The van der Waals surface area contributed by atoms with Crippen LogP contribution >= 0.6 is 0 Å². The molecule has 1 heterocycles. The molecule has 0 radical (unpaired) electrons. The summed E-state index contributed by atoms with van der Waals surface area (Å²) in [6.45, 7) is 8.12. The molecule has 0 saturated carbocycles. The fourth-order valence-corrected chi connectivity index (χ4v) is 1.95. The van der Waals surface area contributed by atoms with Crippen molar-refractivity contribution in [2.24, 2.45) is 0 Å². The summed E-state index contributed by atoms with van der Waals surface area (Å²) in [5, 5.41) is 7.36. The van der Waals surface area contributed by atoms with Gasteiger partial charge in [-0.25, -0.2) is 0 Å². The van der Waals surface area contributed by atoms with Crippen molar-refractivity contribution in [3.8, 4) is 11.5 Å². The predicted octanol–water partition coefficient (Wildman–Crippen LogP) is 3.56. The summed E-state index contributed by atoms with van der Waals surface area (Å²) >= 11 is 0. The van der Waals surface area contributed by atoms with Gasteiger partial charge in [0.05, 0.1) is 14.2 Å². The van der Waals surface area contributed by atoms with Crippen LogP contribution in [0.4, 0.5) is 5.69 Å². The lowest BCUT2D eigenvalue weighted by Gasteiger charge is -2.14. The summed E-state index contributed by atoms with van der Waals surface area (Å²) in [7, 11) is 3.22. The SMILES string of the molecule is COc1ccc(NC(C)c2nc(C(C)(C)C)no2)cc1OC. The number of rotatable bonds is 5. The molecule has 0 bridgehead atoms. The van der Waals surface area contributed by atoms with E-state index in [9.17, 15) is 0 Å². The summed E-state index contributed by atoms with van der Waals surface area (Å²) in [6, 6.07) is 5.53. The monoisotopic (exact) mass is 305 g/mol. The molecule has 2 aromatic rings. The van der Waals surface area contributed by atoms with Crippen molar-refractivity contribution in [1.82, 2.24) is 10.1 Å². The summed E-state index contributed by atoms with van der Waals surface area (Å²) in [4.78, 5) is 4.46. The highest BCUT2D eigenvalue weighted by Gasteiger charge is 2.23. The molecule has 0 fully saturated rings. The van der Waals surface area contributed by atoms with E-state index in [2.05, 4.69) is 15.5 Å². The molecule has 22 heavy (non-hydrogen) atoms. The van der Waals surface area contributed by atoms with Gasteiger partial charge in [-0.1, -0.05) is 25.9 Å². The number of hydrogen-bond donors (Lipinski definition) is 1. The molecule has 0 aliphatic rings. The fraction of sp³-hybridized carbons (Fsp3) is 0.500. The molecule has 0 aliphatic heterocycles. The van der Waals surface area contributed by atoms with Crippen LogP contribution in [0.15, 0.2) is 22.7 Å². The van der Waals surface area contributed by atoms with Gasteiger partial charge in [-0.15, -0.1) is 0 Å². The fourth-order valence-electron chi connectivity index (χ4n) is 1.95. The van der Waals surface area contributed by atoms with E-state index in [1.165, 1.54) is 0 Å². The zero-order valence-electron chi connectivity index (χ0n) is 13.9. The zero-order chi connectivity index (χ0) is 16.3. The lowest BCUT2D eigenvalue weighted by molar-refractivity contribution is 0.352. The minimum atomic E-state index is -0.134. The van der Waals surface area contributed by atoms with Crippen LogP contribution < -0.4 is 14.8 Å². The molecule has 6 nitrogen and oxygen atoms in total. The highest BCUT2D eigenvalue weighted by Crippen LogP contribution is 2.31. The van der Waals surface area contributed by atoms with Crippen molar-refractivity contribution in [2.75, 3.05) is 19.5 Å². The van der Waals surface area contributed by atoms with Crippen molar-refractivity contribution in [1.29, 1.82) is 0 Å². The molecule has 6 heteroatoms. The van der Waals surface area contributed by atoms with E-state index in [0.29, 0.717) is 23.2 Å². The van der Waals surface area contributed by atoms with E-state index < -0.39 is 0 Å². The number of hydrogen-bond acceptors (Lipinski definition) is 6. The number of nitrogens with one attached hydrogen (secondary N) is 1. The lowest BCUT2D eigenvalue weighted by atomic mass is 9.96. The first-order chi connectivity index (χ1) is 10.3. The quantitative estimate of drug-likeness (QED) is 0.911. The number of aromatic nitrogens is 2. The highest BCUT2D eigenvalue weighted by atomic mass is 16.5. The second-order valence-corrected chi connectivity index (χ2v) is 6.14. The average molecular weight is 305 g/mol. The first-order valence-electron chi connectivity index (χ1n) is 7.17. The Bertz CT molecular complexity index is 632. The smallest absolute Gasteiger partial charge is 0.248 e. The first kappa shape index (κ1) is 16.1. The van der Waals surface area contributed by atoms with Crippen LogP contribution in [0.3, 0.4) is 0 Å². The van der Waals surface area contributed by atoms with E-state index >= 15 is 0 Å². The van der Waals surface area contributed by atoms with Crippen molar-refractivity contribution in [3.05, 3.63) is 29.9 Å². The van der Waals surface area contributed by atoms with E-state index in [-0.39, 0.29) is 11.5 Å². The number of methoxy groups -OCH3 is 2. The third-order valence-electron chi connectivity index (χ3n) is 3.25. The summed E-state index contributed by atoms with van der Waals surface area (Å²) < 4.78 is 15.9. The van der Waals surface area contributed by atoms with Crippen LogP contribution in [0.5, 0.6) is 11.5 Å². The van der Waals surface area contributed by atoms with Gasteiger partial charge in [-0.3, -0.25) is 0 Å². The lowest BCUT2D eigenvalue weighted by Crippen LogP contribution is -2.14. The minimum Gasteiger partial charge on any atom is -0.493 e. The topological polar surface area (TPSA) is 69.4 Å². The molecule has 1 aromatic heterocycles. The summed E-state index contributed by atoms with van der Waals surface area (Å²) in [5.41, 5.74) is 0.755. The van der Waals surface area contributed by atoms with E-state index in [1.54, 1.807) is 14.2 Å². The Kier molecular flexibility index (Phi) is 4.59. The first-order valence-corrected chi connectivity index (χ1v) is 7.17. The third-order valence-corrected chi connectivity index (χ3v) is 3.25. The van der Waals surface area contributed by atoms with Crippen LogP contribution in [0.1, 0.15) is 45.5 Å². The van der Waals surface area contributed by atoms with Gasteiger partial charge in [0.25, 0.3) is 0 Å². The largest absolute Gasteiger partial charge is 0.493 e. The van der Waals surface area contributed by atoms with Gasteiger partial charge in [0.2, 0.25) is 5.89 Å². The van der Waals surface area contributed by atoms with Crippen LogP contribution in [-0.4, -0.2) is 24.4 Å². The number of anilines is 1. The van der Waals surface area contributed by atoms with Crippen LogP contribution in [0.2, 0.25) is 0 Å². The van der Waals surface area contributed by atoms with Gasteiger partial charge >= 0.3 is 0 Å². The van der Waals surface area contributed by atoms with E-state index in [0.717, 1.165) is 5.69 Å². The molecule has 0 amide bonds. The predicted molar refractivity (Wildman–Crippen MR) is 84.6 cm³/mol. The third kappa shape index (κ3) is 3.50. The Morgan fingerprint density at radius 1 is 1.14 bits per heavy atom. The van der Waals surface area contributed by atoms with E-state index in [4.69, 9.17) is 14.0 Å². The van der Waals surface area contributed by atoms with Gasteiger partial charge in [0.1, 0.15) is 6.04 Å². The van der Waals surface area contributed by atoms with Gasteiger partial charge < -0.3 is 19.3 Å². The Morgan fingerprint density at radius 3 is 2.36 bits per heavy atom. The molecular formula is C16H23N3O3. The molecular weight excluding hydrogens is 282 g/mol. The Hall–Kier alpha value is -2.24. The van der Waals surface area contributed by atoms with Crippen molar-refractivity contribution in [3.63, 3.8) is 0 Å². The number of nitrogens with zero attached hydrogens (tertiary/aromatic N) is 2. The van der Waals surface area contributed by atoms with Gasteiger partial charge in [0.15, 0.2) is 17.3 Å². The molecule has 0 saturated heterocycles. The molecule has 1 N–H and O–H groups in total. The molecule has 0 spiro atoms. The maximum absolute atomic E-state index is 5.35. The van der Waals surface area contributed by atoms with E-state index in [1.807, 2.05) is 45.9 Å². The molecule has 0 aliphatic carbocycles. The normalized spacial score (nSPS) is 12.8. The number of benzene rings is 1. The van der Waals surface area contributed by atoms with Gasteiger partial charge in [0, 0.05) is 17.2 Å². The van der Waals surface area contributed by atoms with Crippen LogP contribution in [-0.2, 0) is 5.41 Å². The average Bonchev–Trinajstić information content (AvgIpc) is 2.97. The second kappa shape index (κ2) is 6.25. The van der Waals surface area contributed by atoms with Crippen LogP contribution in [0, 0.1) is 0 Å². The molecule has 1 aromatic carbocycles. The summed E-state index contributed by atoms with van der Waals surface area (Å²) in [6.07, 6.45) is 0. The summed E-state index contributed by atoms with van der Waals surface area (Å²) in [5.74, 6) is 2.61. The van der Waals surface area contributed by atoms with Gasteiger partial charge in [-0.2, -0.15) is 4.98 Å². The zero-order valence-corrected chi connectivity index (χ0v) is 13.9. The molecule has 2 rings (SSSR count). The standard InChI is InChI=1S/C16H23N3O3/c1-10(14-18-15(19-22-14)16(2,3)4)17-11-7-8-12(20-5)13(9-11)21-6/h7-10,17H,1-6H3. The molecule has 1 unspecified atom stereocenters. The highest BCUT2D eigenvalue weighted by molar-refractivity contribution is 5.55. The van der Waals surface area contributed by atoms with Crippen molar-refractivity contribution >= 4 is 5.69 Å². The Labute approximate surface area is 130 Å². The Balaban J connectivity index is 2.15.